The zero-order valence-corrected chi connectivity index (χ0v) is 10.3. The van der Waals surface area contributed by atoms with Crippen LogP contribution < -0.4 is 0 Å². The minimum atomic E-state index is -0.0991. The van der Waals surface area contributed by atoms with Crippen LogP contribution in [-0.2, 0) is 16.5 Å². The second kappa shape index (κ2) is 5.99. The molecule has 1 rings (SSSR count). The molecular formula is C9H13BrN2O3. The summed E-state index contributed by atoms with van der Waals surface area (Å²) in [4.78, 5) is 11.7. The van der Waals surface area contributed by atoms with E-state index < -0.39 is 0 Å². The first kappa shape index (κ1) is 12.4. The molecule has 0 aliphatic heterocycles. The van der Waals surface area contributed by atoms with Gasteiger partial charge in [0.15, 0.2) is 0 Å². The van der Waals surface area contributed by atoms with Crippen molar-refractivity contribution in [1.29, 1.82) is 0 Å². The maximum absolute atomic E-state index is 11.7. The van der Waals surface area contributed by atoms with Crippen LogP contribution in [-0.4, -0.2) is 42.5 Å². The van der Waals surface area contributed by atoms with Crippen LogP contribution in [0, 0.1) is 0 Å². The van der Waals surface area contributed by atoms with Crippen molar-refractivity contribution >= 4 is 21.7 Å². The molecule has 84 valence electrons. The number of ketones is 1. The summed E-state index contributed by atoms with van der Waals surface area (Å²) in [7, 11) is 3.30. The monoisotopic (exact) mass is 276 g/mol. The van der Waals surface area contributed by atoms with Gasteiger partial charge >= 0.3 is 0 Å². The normalized spacial score (nSPS) is 10.6. The van der Waals surface area contributed by atoms with E-state index in [9.17, 15) is 4.79 Å². The van der Waals surface area contributed by atoms with Crippen molar-refractivity contribution in [2.24, 2.45) is 7.05 Å². The van der Waals surface area contributed by atoms with Crippen LogP contribution in [0.15, 0.2) is 10.7 Å². The molecule has 0 aliphatic carbocycles. The van der Waals surface area contributed by atoms with E-state index >= 15 is 0 Å². The summed E-state index contributed by atoms with van der Waals surface area (Å²) < 4.78 is 12.1. The van der Waals surface area contributed by atoms with Gasteiger partial charge < -0.3 is 9.47 Å². The highest BCUT2D eigenvalue weighted by molar-refractivity contribution is 9.10. The SMILES string of the molecule is COCCOCC(=O)c1c(Br)cnn1C. The Kier molecular flexibility index (Phi) is 4.93. The number of aryl methyl sites for hydroxylation is 1. The molecule has 0 fully saturated rings. The fraction of sp³-hybridized carbons (Fsp3) is 0.556. The third-order valence-electron chi connectivity index (χ3n) is 1.82. The van der Waals surface area contributed by atoms with Gasteiger partial charge in [0.25, 0.3) is 0 Å². The molecule has 0 aliphatic rings. The number of nitrogens with zero attached hydrogens (tertiary/aromatic N) is 2. The molecule has 5 nitrogen and oxygen atoms in total. The van der Waals surface area contributed by atoms with Gasteiger partial charge in [-0.15, -0.1) is 0 Å². The number of carbonyl (C=O) groups excluding carboxylic acids is 1. The third kappa shape index (κ3) is 3.40. The minimum Gasteiger partial charge on any atom is -0.382 e. The smallest absolute Gasteiger partial charge is 0.207 e. The Balaban J connectivity index is 2.47. The Morgan fingerprint density at radius 3 is 2.87 bits per heavy atom. The number of hydrogen-bond donors (Lipinski definition) is 0. The fourth-order valence-electron chi connectivity index (χ4n) is 1.10. The second-order valence-corrected chi connectivity index (χ2v) is 3.79. The van der Waals surface area contributed by atoms with Crippen LogP contribution in [0.5, 0.6) is 0 Å². The highest BCUT2D eigenvalue weighted by Crippen LogP contribution is 2.15. The van der Waals surface area contributed by atoms with E-state index in [1.807, 2.05) is 0 Å². The van der Waals surface area contributed by atoms with Crippen molar-refractivity contribution in [2.45, 2.75) is 0 Å². The van der Waals surface area contributed by atoms with Gasteiger partial charge in [0.05, 0.1) is 23.9 Å². The largest absolute Gasteiger partial charge is 0.382 e. The molecule has 0 amide bonds. The average Bonchev–Trinajstić information content (AvgIpc) is 2.53. The van der Waals surface area contributed by atoms with Gasteiger partial charge in [0.1, 0.15) is 12.3 Å². The standard InChI is InChI=1S/C9H13BrN2O3/c1-12-9(7(10)5-11-12)8(13)6-15-4-3-14-2/h5H,3-4,6H2,1-2H3. The van der Waals surface area contributed by atoms with Crippen molar-refractivity contribution in [2.75, 3.05) is 26.9 Å². The summed E-state index contributed by atoms with van der Waals surface area (Å²) in [6.45, 7) is 0.943. The predicted molar refractivity (Wildman–Crippen MR) is 57.9 cm³/mol. The zero-order valence-electron chi connectivity index (χ0n) is 8.70. The molecule has 1 aromatic rings. The Hall–Kier alpha value is -0.720. The van der Waals surface area contributed by atoms with Gasteiger partial charge in [-0.3, -0.25) is 9.48 Å². The summed E-state index contributed by atoms with van der Waals surface area (Å²) >= 11 is 3.26. The van der Waals surface area contributed by atoms with Gasteiger partial charge in [-0.2, -0.15) is 5.10 Å². The number of ether oxygens (including phenoxy) is 2. The van der Waals surface area contributed by atoms with Crippen LogP contribution in [0.4, 0.5) is 0 Å². The van der Waals surface area contributed by atoms with Crippen LogP contribution >= 0.6 is 15.9 Å². The molecule has 0 bridgehead atoms. The maximum atomic E-state index is 11.7. The van der Waals surface area contributed by atoms with Crippen molar-refractivity contribution in [3.05, 3.63) is 16.4 Å². The Bertz CT molecular complexity index is 319. The van der Waals surface area contributed by atoms with Crippen LogP contribution in [0.2, 0.25) is 0 Å². The van der Waals surface area contributed by atoms with E-state index in [0.717, 1.165) is 0 Å². The summed E-state index contributed by atoms with van der Waals surface area (Å²) in [5.74, 6) is -0.0991. The fourth-order valence-corrected chi connectivity index (χ4v) is 1.67. The molecule has 0 spiro atoms. The van der Waals surface area contributed by atoms with E-state index in [-0.39, 0.29) is 12.4 Å². The number of aromatic nitrogens is 2. The maximum Gasteiger partial charge on any atom is 0.207 e. The van der Waals surface area contributed by atoms with E-state index in [1.165, 1.54) is 4.68 Å². The molecule has 0 N–H and O–H groups in total. The summed E-state index contributed by atoms with van der Waals surface area (Å²) in [5, 5.41) is 3.95. The van der Waals surface area contributed by atoms with Crippen molar-refractivity contribution in [1.82, 2.24) is 9.78 Å². The van der Waals surface area contributed by atoms with Gasteiger partial charge in [0, 0.05) is 14.2 Å². The first-order valence-electron chi connectivity index (χ1n) is 4.44. The van der Waals surface area contributed by atoms with Crippen molar-refractivity contribution in [3.63, 3.8) is 0 Å². The van der Waals surface area contributed by atoms with E-state index in [0.29, 0.717) is 23.4 Å². The Morgan fingerprint density at radius 1 is 1.60 bits per heavy atom. The Labute approximate surface area is 96.5 Å². The first-order chi connectivity index (χ1) is 7.16. The molecule has 1 aromatic heterocycles. The molecule has 0 radical (unpaired) electrons. The van der Waals surface area contributed by atoms with Crippen molar-refractivity contribution < 1.29 is 14.3 Å². The second-order valence-electron chi connectivity index (χ2n) is 2.93. The first-order valence-corrected chi connectivity index (χ1v) is 5.23. The van der Waals surface area contributed by atoms with Gasteiger partial charge in [-0.1, -0.05) is 0 Å². The average molecular weight is 277 g/mol. The van der Waals surface area contributed by atoms with Crippen molar-refractivity contribution in [3.8, 4) is 0 Å². The quantitative estimate of drug-likeness (QED) is 0.575. The number of methoxy groups -OCH3 is 1. The van der Waals surface area contributed by atoms with E-state index in [2.05, 4.69) is 21.0 Å². The third-order valence-corrected chi connectivity index (χ3v) is 2.40. The molecule has 6 heteroatoms. The molecule has 15 heavy (non-hydrogen) atoms. The van der Waals surface area contributed by atoms with Gasteiger partial charge in [0.2, 0.25) is 5.78 Å². The lowest BCUT2D eigenvalue weighted by atomic mass is 10.3. The number of rotatable bonds is 6. The molecule has 0 saturated heterocycles. The molecule has 0 aromatic carbocycles. The van der Waals surface area contributed by atoms with Crippen LogP contribution in [0.3, 0.4) is 0 Å². The summed E-state index contributed by atoms with van der Waals surface area (Å²) in [6, 6.07) is 0. The van der Waals surface area contributed by atoms with Gasteiger partial charge in [-0.25, -0.2) is 0 Å². The molecule has 0 unspecified atom stereocenters. The summed E-state index contributed by atoms with van der Waals surface area (Å²) in [6.07, 6.45) is 1.59. The Morgan fingerprint density at radius 2 is 2.33 bits per heavy atom. The topological polar surface area (TPSA) is 53.4 Å². The molecule has 0 saturated carbocycles. The lowest BCUT2D eigenvalue weighted by molar-refractivity contribution is 0.0570. The van der Waals surface area contributed by atoms with Gasteiger partial charge in [-0.05, 0) is 15.9 Å². The van der Waals surface area contributed by atoms with E-state index in [4.69, 9.17) is 9.47 Å². The predicted octanol–water partition coefficient (Wildman–Crippen LogP) is 1.03. The minimum absolute atomic E-state index is 0.0431. The molecule has 1 heterocycles. The van der Waals surface area contributed by atoms with Crippen LogP contribution in [0.1, 0.15) is 10.5 Å². The van der Waals surface area contributed by atoms with Crippen LogP contribution in [0.25, 0.3) is 0 Å². The number of carbonyl (C=O) groups is 1. The molecule has 0 atom stereocenters. The number of halogens is 1. The van der Waals surface area contributed by atoms with E-state index in [1.54, 1.807) is 20.4 Å². The molecular weight excluding hydrogens is 264 g/mol. The summed E-state index contributed by atoms with van der Waals surface area (Å²) in [5.41, 5.74) is 0.521. The zero-order chi connectivity index (χ0) is 11.3. The highest BCUT2D eigenvalue weighted by atomic mass is 79.9. The lowest BCUT2D eigenvalue weighted by Crippen LogP contribution is -2.15. The number of hydrogen-bond acceptors (Lipinski definition) is 4. The number of Topliss-reactive ketones (excluding diaryl/α,β-unsaturated/α-hetero) is 1. The lowest BCUT2D eigenvalue weighted by Gasteiger charge is -2.03. The highest BCUT2D eigenvalue weighted by Gasteiger charge is 2.14.